The van der Waals surface area contributed by atoms with Gasteiger partial charge in [0.05, 0.1) is 10.9 Å². The normalized spacial score (nSPS) is 19.7. The van der Waals surface area contributed by atoms with Crippen molar-refractivity contribution in [3.05, 3.63) is 34.0 Å². The zero-order valence-electron chi connectivity index (χ0n) is 14.6. The second kappa shape index (κ2) is 9.44. The van der Waals surface area contributed by atoms with Crippen LogP contribution in [0.5, 0.6) is 0 Å². The summed E-state index contributed by atoms with van der Waals surface area (Å²) in [4.78, 5) is 17.8. The number of halogens is 1. The third kappa shape index (κ3) is 5.80. The number of rotatable bonds is 7. The first-order valence-electron chi connectivity index (χ1n) is 8.61. The SMILES string of the molecule is C=CCN(Cc1ccc(Cl)s1)C(=O)NCC(C)N1CCCC(C)C1. The number of carbonyl (C=O) groups is 1. The maximum atomic E-state index is 12.5. The molecule has 24 heavy (non-hydrogen) atoms. The molecule has 0 aromatic carbocycles. The van der Waals surface area contributed by atoms with E-state index in [9.17, 15) is 4.79 Å². The van der Waals surface area contributed by atoms with Crippen LogP contribution >= 0.6 is 22.9 Å². The number of hydrogen-bond acceptors (Lipinski definition) is 3. The molecule has 1 aliphatic rings. The summed E-state index contributed by atoms with van der Waals surface area (Å²) >= 11 is 7.48. The molecule has 134 valence electrons. The van der Waals surface area contributed by atoms with E-state index in [0.29, 0.717) is 25.7 Å². The highest BCUT2D eigenvalue weighted by molar-refractivity contribution is 7.16. The first-order valence-corrected chi connectivity index (χ1v) is 9.81. The Hall–Kier alpha value is -1.04. The lowest BCUT2D eigenvalue weighted by atomic mass is 9.99. The van der Waals surface area contributed by atoms with E-state index in [1.165, 1.54) is 24.2 Å². The van der Waals surface area contributed by atoms with Gasteiger partial charge in [0.2, 0.25) is 0 Å². The molecule has 0 saturated carbocycles. The minimum atomic E-state index is -0.0451. The molecule has 1 fully saturated rings. The van der Waals surface area contributed by atoms with E-state index in [1.54, 1.807) is 11.0 Å². The highest BCUT2D eigenvalue weighted by atomic mass is 35.5. The number of thiophene rings is 1. The maximum absolute atomic E-state index is 12.5. The van der Waals surface area contributed by atoms with Gasteiger partial charge < -0.3 is 10.2 Å². The standard InChI is InChI=1S/C18H28ClN3OS/c1-4-9-22(13-16-7-8-17(19)24-16)18(23)20-11-15(3)21-10-5-6-14(2)12-21/h4,7-8,14-15H,1,5-6,9-13H2,2-3H3,(H,20,23). The number of nitrogens with zero attached hydrogens (tertiary/aromatic N) is 2. The summed E-state index contributed by atoms with van der Waals surface area (Å²) in [6.45, 7) is 12.3. The Bertz CT molecular complexity index is 548. The number of amides is 2. The van der Waals surface area contributed by atoms with Gasteiger partial charge in [-0.05, 0) is 44.4 Å². The molecule has 0 bridgehead atoms. The van der Waals surface area contributed by atoms with E-state index < -0.39 is 0 Å². The number of piperidine rings is 1. The monoisotopic (exact) mass is 369 g/mol. The summed E-state index contributed by atoms with van der Waals surface area (Å²) in [5, 5.41) is 3.08. The topological polar surface area (TPSA) is 35.6 Å². The fourth-order valence-corrected chi connectivity index (χ4v) is 4.21. The lowest BCUT2D eigenvalue weighted by Gasteiger charge is -2.36. The molecule has 0 radical (unpaired) electrons. The smallest absolute Gasteiger partial charge is 0.318 e. The Balaban J connectivity index is 1.84. The first-order chi connectivity index (χ1) is 11.5. The number of hydrogen-bond donors (Lipinski definition) is 1. The van der Waals surface area contributed by atoms with E-state index in [-0.39, 0.29) is 6.03 Å². The highest BCUT2D eigenvalue weighted by Crippen LogP contribution is 2.22. The first kappa shape index (κ1) is 19.3. The Labute approximate surface area is 154 Å². The summed E-state index contributed by atoms with van der Waals surface area (Å²) in [6.07, 6.45) is 4.32. The van der Waals surface area contributed by atoms with Crippen LogP contribution in [0.3, 0.4) is 0 Å². The van der Waals surface area contributed by atoms with Gasteiger partial charge in [0.15, 0.2) is 0 Å². The van der Waals surface area contributed by atoms with E-state index in [2.05, 4.69) is 30.6 Å². The average Bonchev–Trinajstić information content (AvgIpc) is 2.97. The summed E-state index contributed by atoms with van der Waals surface area (Å²) in [5.41, 5.74) is 0. The lowest BCUT2D eigenvalue weighted by Crippen LogP contribution is -2.48. The molecule has 0 spiro atoms. The van der Waals surface area contributed by atoms with Gasteiger partial charge in [-0.15, -0.1) is 17.9 Å². The molecule has 0 aliphatic carbocycles. The Kier molecular flexibility index (Phi) is 7.59. The van der Waals surface area contributed by atoms with Crippen molar-refractivity contribution in [2.24, 2.45) is 5.92 Å². The van der Waals surface area contributed by atoms with Crippen LogP contribution in [0.4, 0.5) is 4.79 Å². The summed E-state index contributed by atoms with van der Waals surface area (Å²) < 4.78 is 0.747. The largest absolute Gasteiger partial charge is 0.336 e. The second-order valence-corrected chi connectivity index (χ2v) is 8.45. The third-order valence-corrected chi connectivity index (χ3v) is 5.69. The van der Waals surface area contributed by atoms with Crippen molar-refractivity contribution in [3.63, 3.8) is 0 Å². The van der Waals surface area contributed by atoms with E-state index >= 15 is 0 Å². The lowest BCUT2D eigenvalue weighted by molar-refractivity contribution is 0.135. The van der Waals surface area contributed by atoms with Crippen LogP contribution in [-0.4, -0.2) is 48.1 Å². The molecule has 1 N–H and O–H groups in total. The van der Waals surface area contributed by atoms with Gasteiger partial charge in [-0.2, -0.15) is 0 Å². The minimum Gasteiger partial charge on any atom is -0.336 e. The average molecular weight is 370 g/mol. The maximum Gasteiger partial charge on any atom is 0.318 e. The van der Waals surface area contributed by atoms with Crippen LogP contribution in [-0.2, 0) is 6.54 Å². The van der Waals surface area contributed by atoms with Gasteiger partial charge in [0.1, 0.15) is 0 Å². The van der Waals surface area contributed by atoms with E-state index in [4.69, 9.17) is 11.6 Å². The van der Waals surface area contributed by atoms with Crippen LogP contribution in [0, 0.1) is 5.92 Å². The quantitative estimate of drug-likeness (QED) is 0.730. The fraction of sp³-hybridized carbons (Fsp3) is 0.611. The summed E-state index contributed by atoms with van der Waals surface area (Å²) in [7, 11) is 0. The Morgan fingerprint density at radius 3 is 3.04 bits per heavy atom. The molecule has 2 unspecified atom stereocenters. The number of nitrogens with one attached hydrogen (secondary N) is 1. The molecule has 2 atom stereocenters. The van der Waals surface area contributed by atoms with Gasteiger partial charge in [-0.1, -0.05) is 24.6 Å². The van der Waals surface area contributed by atoms with Gasteiger partial charge >= 0.3 is 6.03 Å². The molecule has 1 aliphatic heterocycles. The number of urea groups is 1. The van der Waals surface area contributed by atoms with E-state index in [0.717, 1.165) is 28.2 Å². The zero-order chi connectivity index (χ0) is 17.5. The zero-order valence-corrected chi connectivity index (χ0v) is 16.2. The molecular weight excluding hydrogens is 342 g/mol. The Morgan fingerprint density at radius 1 is 1.62 bits per heavy atom. The molecule has 1 aromatic heterocycles. The van der Waals surface area contributed by atoms with Gasteiger partial charge in [0.25, 0.3) is 0 Å². The minimum absolute atomic E-state index is 0.0451. The van der Waals surface area contributed by atoms with Crippen LogP contribution in [0.2, 0.25) is 4.34 Å². The van der Waals surface area contributed by atoms with Crippen molar-refractivity contribution in [2.45, 2.75) is 39.3 Å². The molecule has 2 rings (SSSR count). The molecule has 1 saturated heterocycles. The van der Waals surface area contributed by atoms with Crippen LogP contribution in [0.1, 0.15) is 31.6 Å². The fourth-order valence-electron chi connectivity index (χ4n) is 3.10. The highest BCUT2D eigenvalue weighted by Gasteiger charge is 2.22. The predicted molar refractivity (Wildman–Crippen MR) is 103 cm³/mol. The molecule has 2 heterocycles. The van der Waals surface area contributed by atoms with Gasteiger partial charge in [-0.25, -0.2) is 4.79 Å². The molecule has 4 nitrogen and oxygen atoms in total. The summed E-state index contributed by atoms with van der Waals surface area (Å²) in [6, 6.07) is 4.15. The second-order valence-electron chi connectivity index (χ2n) is 6.65. The number of carbonyl (C=O) groups excluding carboxylic acids is 1. The van der Waals surface area contributed by atoms with Crippen LogP contribution < -0.4 is 5.32 Å². The Morgan fingerprint density at radius 2 is 2.42 bits per heavy atom. The molecule has 6 heteroatoms. The van der Waals surface area contributed by atoms with Crippen molar-refractivity contribution in [1.82, 2.24) is 15.1 Å². The van der Waals surface area contributed by atoms with Gasteiger partial charge in [0, 0.05) is 30.6 Å². The van der Waals surface area contributed by atoms with Crippen molar-refractivity contribution in [1.29, 1.82) is 0 Å². The molecular formula is C18H28ClN3OS. The van der Waals surface area contributed by atoms with Crippen molar-refractivity contribution in [3.8, 4) is 0 Å². The third-order valence-electron chi connectivity index (χ3n) is 4.47. The predicted octanol–water partition coefficient (Wildman–Crippen LogP) is 4.22. The van der Waals surface area contributed by atoms with Crippen molar-refractivity contribution in [2.75, 3.05) is 26.2 Å². The van der Waals surface area contributed by atoms with E-state index in [1.807, 2.05) is 12.1 Å². The number of likely N-dealkylation sites (tertiary alicyclic amines) is 1. The van der Waals surface area contributed by atoms with Crippen LogP contribution in [0.15, 0.2) is 24.8 Å². The molecule has 2 amide bonds. The summed E-state index contributed by atoms with van der Waals surface area (Å²) in [5.74, 6) is 0.748. The van der Waals surface area contributed by atoms with Crippen LogP contribution in [0.25, 0.3) is 0 Å². The van der Waals surface area contributed by atoms with Crippen molar-refractivity contribution < 1.29 is 4.79 Å². The van der Waals surface area contributed by atoms with Crippen molar-refractivity contribution >= 4 is 29.0 Å². The van der Waals surface area contributed by atoms with Gasteiger partial charge in [-0.3, -0.25) is 4.90 Å². The molecule has 1 aromatic rings.